The number of rotatable bonds is 4. The highest BCUT2D eigenvalue weighted by atomic mass is 32.1. The van der Waals surface area contributed by atoms with Crippen molar-refractivity contribution in [2.24, 2.45) is 0 Å². The molecule has 0 aliphatic heterocycles. The highest BCUT2D eigenvalue weighted by Gasteiger charge is 2.01. The molecule has 0 saturated carbocycles. The van der Waals surface area contributed by atoms with Crippen molar-refractivity contribution in [3.63, 3.8) is 0 Å². The molecule has 0 atom stereocenters. The average Bonchev–Trinajstić information content (AvgIpc) is 2.83. The molecule has 0 aliphatic carbocycles. The van der Waals surface area contributed by atoms with Crippen molar-refractivity contribution < 1.29 is 0 Å². The first kappa shape index (κ1) is 10.1. The van der Waals surface area contributed by atoms with Gasteiger partial charge in [-0.3, -0.25) is 4.68 Å². The van der Waals surface area contributed by atoms with E-state index in [2.05, 4.69) is 27.5 Å². The van der Waals surface area contributed by atoms with Crippen LogP contribution in [0, 0.1) is 6.92 Å². The number of hydrogen-bond acceptors (Lipinski definition) is 5. The molecule has 6 heteroatoms. The van der Waals surface area contributed by atoms with Gasteiger partial charge >= 0.3 is 0 Å². The standard InChI is InChI=1S/C9H13N5S/c1-3-14-6-8(5-11-14)4-10-9-13-12-7(2)15-9/h5-6H,3-4H2,1-2H3,(H,10,13). The maximum absolute atomic E-state index is 4.20. The van der Waals surface area contributed by atoms with Gasteiger partial charge in [0.2, 0.25) is 5.13 Å². The van der Waals surface area contributed by atoms with Crippen LogP contribution in [0.5, 0.6) is 0 Å². The zero-order valence-corrected chi connectivity index (χ0v) is 9.58. The molecule has 0 radical (unpaired) electrons. The molecule has 15 heavy (non-hydrogen) atoms. The molecule has 0 bridgehead atoms. The minimum absolute atomic E-state index is 0.745. The van der Waals surface area contributed by atoms with Gasteiger partial charge in [0.1, 0.15) is 5.01 Å². The van der Waals surface area contributed by atoms with E-state index < -0.39 is 0 Å². The van der Waals surface area contributed by atoms with Crippen molar-refractivity contribution in [2.75, 3.05) is 5.32 Å². The first-order chi connectivity index (χ1) is 7.28. The molecule has 80 valence electrons. The van der Waals surface area contributed by atoms with Crippen molar-refractivity contribution in [3.8, 4) is 0 Å². The van der Waals surface area contributed by atoms with Crippen LogP contribution in [0.25, 0.3) is 0 Å². The van der Waals surface area contributed by atoms with Crippen LogP contribution in [0.3, 0.4) is 0 Å². The summed E-state index contributed by atoms with van der Waals surface area (Å²) in [6.07, 6.45) is 3.89. The van der Waals surface area contributed by atoms with Gasteiger partial charge < -0.3 is 5.32 Å². The Morgan fingerprint density at radius 2 is 2.33 bits per heavy atom. The summed E-state index contributed by atoms with van der Waals surface area (Å²) in [5.74, 6) is 0. The zero-order chi connectivity index (χ0) is 10.7. The minimum Gasteiger partial charge on any atom is -0.356 e. The third-order valence-corrected chi connectivity index (χ3v) is 2.78. The second-order valence-corrected chi connectivity index (χ2v) is 4.37. The highest BCUT2D eigenvalue weighted by Crippen LogP contribution is 2.14. The summed E-state index contributed by atoms with van der Waals surface area (Å²) < 4.78 is 1.91. The lowest BCUT2D eigenvalue weighted by Gasteiger charge is -1.97. The Balaban J connectivity index is 1.93. The van der Waals surface area contributed by atoms with Crippen molar-refractivity contribution in [1.82, 2.24) is 20.0 Å². The fourth-order valence-corrected chi connectivity index (χ4v) is 1.80. The molecule has 1 N–H and O–H groups in total. The first-order valence-corrected chi connectivity index (χ1v) is 5.65. The van der Waals surface area contributed by atoms with E-state index in [-0.39, 0.29) is 0 Å². The summed E-state index contributed by atoms with van der Waals surface area (Å²) in [7, 11) is 0. The van der Waals surface area contributed by atoms with Crippen LogP contribution in [-0.2, 0) is 13.1 Å². The topological polar surface area (TPSA) is 55.6 Å². The quantitative estimate of drug-likeness (QED) is 0.856. The maximum atomic E-state index is 4.20. The van der Waals surface area contributed by atoms with E-state index in [0.29, 0.717) is 0 Å². The number of nitrogens with one attached hydrogen (secondary N) is 1. The van der Waals surface area contributed by atoms with Crippen molar-refractivity contribution in [1.29, 1.82) is 0 Å². The Morgan fingerprint density at radius 3 is 2.93 bits per heavy atom. The maximum Gasteiger partial charge on any atom is 0.205 e. The van der Waals surface area contributed by atoms with Crippen LogP contribution in [-0.4, -0.2) is 20.0 Å². The molecule has 0 aliphatic rings. The lowest BCUT2D eigenvalue weighted by atomic mass is 10.4. The predicted molar refractivity (Wildman–Crippen MR) is 59.9 cm³/mol. The third-order valence-electron chi connectivity index (χ3n) is 1.98. The summed E-state index contributed by atoms with van der Waals surface area (Å²) in [6.45, 7) is 5.66. The van der Waals surface area contributed by atoms with E-state index in [1.165, 1.54) is 0 Å². The molecule has 0 aromatic carbocycles. The molecular formula is C9H13N5S. The lowest BCUT2D eigenvalue weighted by molar-refractivity contribution is 0.659. The van der Waals surface area contributed by atoms with Gasteiger partial charge in [-0.15, -0.1) is 10.2 Å². The van der Waals surface area contributed by atoms with Crippen molar-refractivity contribution in [2.45, 2.75) is 26.9 Å². The van der Waals surface area contributed by atoms with Crippen LogP contribution in [0.1, 0.15) is 17.5 Å². The fraction of sp³-hybridized carbons (Fsp3) is 0.444. The fourth-order valence-electron chi connectivity index (χ4n) is 1.22. The van der Waals surface area contributed by atoms with E-state index >= 15 is 0 Å². The van der Waals surface area contributed by atoms with Gasteiger partial charge in [-0.2, -0.15) is 5.10 Å². The Morgan fingerprint density at radius 1 is 1.47 bits per heavy atom. The molecule has 0 unspecified atom stereocenters. The van der Waals surface area contributed by atoms with Crippen molar-refractivity contribution in [3.05, 3.63) is 23.0 Å². The smallest absolute Gasteiger partial charge is 0.205 e. The molecule has 0 saturated heterocycles. The molecule has 2 aromatic rings. The molecule has 0 fully saturated rings. The Kier molecular flexibility index (Phi) is 2.96. The number of aryl methyl sites for hydroxylation is 2. The zero-order valence-electron chi connectivity index (χ0n) is 8.77. The first-order valence-electron chi connectivity index (χ1n) is 4.83. The van der Waals surface area contributed by atoms with Crippen LogP contribution in [0.15, 0.2) is 12.4 Å². The molecule has 5 nitrogen and oxygen atoms in total. The minimum atomic E-state index is 0.745. The summed E-state index contributed by atoms with van der Waals surface area (Å²) >= 11 is 1.56. The predicted octanol–water partition coefficient (Wildman–Crippen LogP) is 1.68. The van der Waals surface area contributed by atoms with Gasteiger partial charge in [0.05, 0.1) is 6.20 Å². The van der Waals surface area contributed by atoms with E-state index in [1.54, 1.807) is 11.3 Å². The Hall–Kier alpha value is -1.43. The number of aromatic nitrogens is 4. The van der Waals surface area contributed by atoms with Gasteiger partial charge in [0, 0.05) is 24.8 Å². The molecule has 2 heterocycles. The van der Waals surface area contributed by atoms with Crippen molar-refractivity contribution >= 4 is 16.5 Å². The van der Waals surface area contributed by atoms with Crippen LogP contribution < -0.4 is 5.32 Å². The van der Waals surface area contributed by atoms with Gasteiger partial charge in [-0.1, -0.05) is 11.3 Å². The summed E-state index contributed by atoms with van der Waals surface area (Å²) in [4.78, 5) is 0. The summed E-state index contributed by atoms with van der Waals surface area (Å²) in [6, 6.07) is 0. The largest absolute Gasteiger partial charge is 0.356 e. The Bertz CT molecular complexity index is 433. The normalized spacial score (nSPS) is 10.5. The van der Waals surface area contributed by atoms with Crippen LogP contribution in [0.2, 0.25) is 0 Å². The van der Waals surface area contributed by atoms with E-state index in [1.807, 2.05) is 24.0 Å². The average molecular weight is 223 g/mol. The summed E-state index contributed by atoms with van der Waals surface area (Å²) in [5.41, 5.74) is 1.16. The third kappa shape index (κ3) is 2.53. The molecule has 0 spiro atoms. The number of hydrogen-bond donors (Lipinski definition) is 1. The summed E-state index contributed by atoms with van der Waals surface area (Å²) in [5, 5.41) is 17.2. The number of anilines is 1. The van der Waals surface area contributed by atoms with Crippen LogP contribution >= 0.6 is 11.3 Å². The van der Waals surface area contributed by atoms with E-state index in [0.717, 1.165) is 28.8 Å². The molecule has 2 rings (SSSR count). The van der Waals surface area contributed by atoms with Gasteiger partial charge in [-0.05, 0) is 13.8 Å². The SMILES string of the molecule is CCn1cc(CNc2nnc(C)s2)cn1. The monoisotopic (exact) mass is 223 g/mol. The molecular weight excluding hydrogens is 210 g/mol. The van der Waals surface area contributed by atoms with Gasteiger partial charge in [0.25, 0.3) is 0 Å². The lowest BCUT2D eigenvalue weighted by Crippen LogP contribution is -1.98. The second kappa shape index (κ2) is 4.39. The van der Waals surface area contributed by atoms with Gasteiger partial charge in [0.15, 0.2) is 0 Å². The number of nitrogens with zero attached hydrogens (tertiary/aromatic N) is 4. The van der Waals surface area contributed by atoms with E-state index in [4.69, 9.17) is 0 Å². The Labute approximate surface area is 92.2 Å². The highest BCUT2D eigenvalue weighted by molar-refractivity contribution is 7.15. The second-order valence-electron chi connectivity index (χ2n) is 3.18. The molecule has 0 amide bonds. The molecule has 2 aromatic heterocycles. The van der Waals surface area contributed by atoms with Gasteiger partial charge in [-0.25, -0.2) is 0 Å². The van der Waals surface area contributed by atoms with E-state index in [9.17, 15) is 0 Å². The van der Waals surface area contributed by atoms with Crippen LogP contribution in [0.4, 0.5) is 5.13 Å².